The van der Waals surface area contributed by atoms with Gasteiger partial charge in [-0.25, -0.2) is 0 Å². The summed E-state index contributed by atoms with van der Waals surface area (Å²) in [5, 5.41) is 0. The van der Waals surface area contributed by atoms with Gasteiger partial charge >= 0.3 is 0 Å². The molecule has 0 aliphatic carbocycles. The summed E-state index contributed by atoms with van der Waals surface area (Å²) in [5.74, 6) is 0.707. The minimum absolute atomic E-state index is 0.0174. The van der Waals surface area contributed by atoms with Gasteiger partial charge in [-0.15, -0.1) is 0 Å². The first kappa shape index (κ1) is 8.02. The molecule has 0 saturated carbocycles. The lowest BCUT2D eigenvalue weighted by molar-refractivity contribution is -0.0448. The Hall–Kier alpha value is -0.0800. The predicted octanol–water partition coefficient (Wildman–Crippen LogP) is 1.79. The second kappa shape index (κ2) is 3.35. The van der Waals surface area contributed by atoms with Crippen molar-refractivity contribution in [3.63, 3.8) is 0 Å². The standard InChI is InChI=1S/C8H16O2/c1-6(2)4-8-5-9-7(3)10-8/h6-8H,4-5H2,1-3H3. The molecule has 2 atom stereocenters. The van der Waals surface area contributed by atoms with Crippen molar-refractivity contribution >= 4 is 0 Å². The Bertz CT molecular complexity index is 101. The molecule has 0 aromatic heterocycles. The van der Waals surface area contributed by atoms with Gasteiger partial charge < -0.3 is 9.47 Å². The fourth-order valence-corrected chi connectivity index (χ4v) is 1.24. The van der Waals surface area contributed by atoms with Crippen molar-refractivity contribution in [2.24, 2.45) is 5.92 Å². The summed E-state index contributed by atoms with van der Waals surface area (Å²) in [6.07, 6.45) is 1.48. The Morgan fingerprint density at radius 1 is 1.50 bits per heavy atom. The van der Waals surface area contributed by atoms with Crippen LogP contribution >= 0.6 is 0 Å². The normalized spacial score (nSPS) is 33.6. The predicted molar refractivity (Wildman–Crippen MR) is 39.7 cm³/mol. The molecule has 2 nitrogen and oxygen atoms in total. The third-order valence-corrected chi connectivity index (χ3v) is 1.64. The van der Waals surface area contributed by atoms with Crippen molar-refractivity contribution in [3.05, 3.63) is 0 Å². The van der Waals surface area contributed by atoms with E-state index >= 15 is 0 Å². The fourth-order valence-electron chi connectivity index (χ4n) is 1.24. The summed E-state index contributed by atoms with van der Waals surface area (Å²) in [5.41, 5.74) is 0. The van der Waals surface area contributed by atoms with Gasteiger partial charge in [0.1, 0.15) is 0 Å². The number of hydrogen-bond acceptors (Lipinski definition) is 2. The lowest BCUT2D eigenvalue weighted by Gasteiger charge is -2.10. The molecule has 60 valence electrons. The zero-order valence-corrected chi connectivity index (χ0v) is 6.96. The highest BCUT2D eigenvalue weighted by atomic mass is 16.7. The molecule has 2 unspecified atom stereocenters. The van der Waals surface area contributed by atoms with E-state index in [1.165, 1.54) is 0 Å². The van der Waals surface area contributed by atoms with Gasteiger partial charge in [-0.05, 0) is 19.3 Å². The van der Waals surface area contributed by atoms with E-state index in [9.17, 15) is 0 Å². The summed E-state index contributed by atoms with van der Waals surface area (Å²) in [6, 6.07) is 0. The Kier molecular flexibility index (Phi) is 2.69. The summed E-state index contributed by atoms with van der Waals surface area (Å²) < 4.78 is 10.7. The summed E-state index contributed by atoms with van der Waals surface area (Å²) in [7, 11) is 0. The molecule has 0 spiro atoms. The Morgan fingerprint density at radius 2 is 2.20 bits per heavy atom. The highest BCUT2D eigenvalue weighted by Crippen LogP contribution is 2.17. The van der Waals surface area contributed by atoms with Gasteiger partial charge in [0.05, 0.1) is 12.7 Å². The van der Waals surface area contributed by atoms with Crippen molar-refractivity contribution in [1.82, 2.24) is 0 Å². The molecule has 2 heteroatoms. The molecule has 1 saturated heterocycles. The van der Waals surface area contributed by atoms with Crippen LogP contribution in [-0.4, -0.2) is 19.0 Å². The maximum absolute atomic E-state index is 5.45. The van der Waals surface area contributed by atoms with Gasteiger partial charge in [0.15, 0.2) is 6.29 Å². The van der Waals surface area contributed by atoms with Crippen molar-refractivity contribution < 1.29 is 9.47 Å². The lowest BCUT2D eigenvalue weighted by atomic mass is 10.1. The largest absolute Gasteiger partial charge is 0.350 e. The SMILES string of the molecule is CC(C)CC1COC(C)O1. The first-order chi connectivity index (χ1) is 4.68. The van der Waals surface area contributed by atoms with Gasteiger partial charge in [0, 0.05) is 0 Å². The Balaban J connectivity index is 2.18. The van der Waals surface area contributed by atoms with Crippen LogP contribution in [0, 0.1) is 5.92 Å². The zero-order valence-electron chi connectivity index (χ0n) is 6.96. The minimum Gasteiger partial charge on any atom is -0.350 e. The number of rotatable bonds is 2. The van der Waals surface area contributed by atoms with Crippen LogP contribution in [0.25, 0.3) is 0 Å². The van der Waals surface area contributed by atoms with Crippen LogP contribution in [0.4, 0.5) is 0 Å². The van der Waals surface area contributed by atoms with E-state index in [1.807, 2.05) is 6.92 Å². The van der Waals surface area contributed by atoms with Crippen LogP contribution < -0.4 is 0 Å². The van der Waals surface area contributed by atoms with Crippen molar-refractivity contribution in [1.29, 1.82) is 0 Å². The first-order valence-corrected chi connectivity index (χ1v) is 3.95. The molecule has 0 aromatic rings. The zero-order chi connectivity index (χ0) is 7.56. The molecule has 10 heavy (non-hydrogen) atoms. The second-order valence-corrected chi connectivity index (χ2v) is 3.29. The van der Waals surface area contributed by atoms with E-state index in [1.54, 1.807) is 0 Å². The molecule has 0 radical (unpaired) electrons. The number of hydrogen-bond donors (Lipinski definition) is 0. The summed E-state index contributed by atoms with van der Waals surface area (Å²) in [6.45, 7) is 7.12. The van der Waals surface area contributed by atoms with E-state index in [0.717, 1.165) is 13.0 Å². The molecule has 1 aliphatic rings. The highest BCUT2D eigenvalue weighted by molar-refractivity contribution is 4.64. The van der Waals surface area contributed by atoms with Crippen molar-refractivity contribution in [3.8, 4) is 0 Å². The molecular weight excluding hydrogens is 128 g/mol. The molecule has 1 aliphatic heterocycles. The minimum atomic E-state index is 0.0174. The maximum atomic E-state index is 5.45. The molecule has 1 heterocycles. The van der Waals surface area contributed by atoms with E-state index < -0.39 is 0 Å². The Labute approximate surface area is 62.5 Å². The van der Waals surface area contributed by atoms with E-state index in [4.69, 9.17) is 9.47 Å². The van der Waals surface area contributed by atoms with Crippen molar-refractivity contribution in [2.75, 3.05) is 6.61 Å². The average Bonchev–Trinajstić information content (AvgIpc) is 2.13. The van der Waals surface area contributed by atoms with E-state index in [-0.39, 0.29) is 6.29 Å². The molecule has 0 aromatic carbocycles. The van der Waals surface area contributed by atoms with Gasteiger partial charge in [-0.3, -0.25) is 0 Å². The van der Waals surface area contributed by atoms with Crippen LogP contribution in [0.1, 0.15) is 27.2 Å². The quantitative estimate of drug-likeness (QED) is 0.588. The fraction of sp³-hybridized carbons (Fsp3) is 1.00. The molecule has 0 N–H and O–H groups in total. The van der Waals surface area contributed by atoms with Crippen molar-refractivity contribution in [2.45, 2.75) is 39.6 Å². The first-order valence-electron chi connectivity index (χ1n) is 3.95. The average molecular weight is 144 g/mol. The molecule has 0 amide bonds. The van der Waals surface area contributed by atoms with Crippen LogP contribution in [0.5, 0.6) is 0 Å². The monoisotopic (exact) mass is 144 g/mol. The van der Waals surface area contributed by atoms with Crippen LogP contribution in [0.15, 0.2) is 0 Å². The molecular formula is C8H16O2. The lowest BCUT2D eigenvalue weighted by Crippen LogP contribution is -2.13. The van der Waals surface area contributed by atoms with E-state index in [0.29, 0.717) is 12.0 Å². The van der Waals surface area contributed by atoms with Gasteiger partial charge in [0.25, 0.3) is 0 Å². The smallest absolute Gasteiger partial charge is 0.155 e. The molecule has 1 fully saturated rings. The summed E-state index contributed by atoms with van der Waals surface area (Å²) >= 11 is 0. The topological polar surface area (TPSA) is 18.5 Å². The maximum Gasteiger partial charge on any atom is 0.155 e. The molecule has 1 rings (SSSR count). The number of ether oxygens (including phenoxy) is 2. The molecule has 0 bridgehead atoms. The highest BCUT2D eigenvalue weighted by Gasteiger charge is 2.22. The van der Waals surface area contributed by atoms with Gasteiger partial charge in [-0.1, -0.05) is 13.8 Å². The van der Waals surface area contributed by atoms with Crippen LogP contribution in [0.3, 0.4) is 0 Å². The summed E-state index contributed by atoms with van der Waals surface area (Å²) in [4.78, 5) is 0. The van der Waals surface area contributed by atoms with Crippen LogP contribution in [0.2, 0.25) is 0 Å². The third-order valence-electron chi connectivity index (χ3n) is 1.64. The third kappa shape index (κ3) is 2.27. The van der Waals surface area contributed by atoms with Gasteiger partial charge in [-0.2, -0.15) is 0 Å². The van der Waals surface area contributed by atoms with E-state index in [2.05, 4.69) is 13.8 Å². The van der Waals surface area contributed by atoms with Gasteiger partial charge in [0.2, 0.25) is 0 Å². The second-order valence-electron chi connectivity index (χ2n) is 3.29. The van der Waals surface area contributed by atoms with Crippen LogP contribution in [-0.2, 0) is 9.47 Å². The Morgan fingerprint density at radius 3 is 2.60 bits per heavy atom.